The summed E-state index contributed by atoms with van der Waals surface area (Å²) in [5, 5.41) is 0.245. The van der Waals surface area contributed by atoms with Crippen LogP contribution < -0.4 is 0 Å². The Morgan fingerprint density at radius 2 is 1.59 bits per heavy atom. The van der Waals surface area contributed by atoms with Gasteiger partial charge in [0.05, 0.1) is 10.0 Å². The van der Waals surface area contributed by atoms with Gasteiger partial charge in [-0.25, -0.2) is 8.42 Å². The lowest BCUT2D eigenvalue weighted by molar-refractivity contribution is 0.467. The fourth-order valence-electron chi connectivity index (χ4n) is 1.96. The molecule has 0 saturated heterocycles. The molecule has 22 heavy (non-hydrogen) atoms. The zero-order valence-corrected chi connectivity index (χ0v) is 15.2. The Morgan fingerprint density at radius 3 is 2.09 bits per heavy atom. The van der Waals surface area contributed by atoms with Gasteiger partial charge in [-0.2, -0.15) is 4.31 Å². The summed E-state index contributed by atoms with van der Waals surface area (Å²) in [6, 6.07) is 12.4. The van der Waals surface area contributed by atoms with Crippen molar-refractivity contribution in [1.82, 2.24) is 4.31 Å². The normalized spacial score (nSPS) is 11.9. The van der Waals surface area contributed by atoms with E-state index in [-0.39, 0.29) is 21.5 Å². The van der Waals surface area contributed by atoms with E-state index in [1.54, 1.807) is 17.8 Å². The third-order valence-electron chi connectivity index (χ3n) is 3.15. The van der Waals surface area contributed by atoms with Crippen LogP contribution in [0.3, 0.4) is 0 Å². The summed E-state index contributed by atoms with van der Waals surface area (Å²) in [6.07, 6.45) is 1.99. The first-order valence-corrected chi connectivity index (χ1v) is 9.81. The number of nitrogens with zero attached hydrogens (tertiary/aromatic N) is 1. The number of thioether (sulfide) groups is 1. The minimum absolute atomic E-state index is 0.0541. The highest BCUT2D eigenvalue weighted by Crippen LogP contribution is 2.31. The van der Waals surface area contributed by atoms with Crippen LogP contribution in [0.1, 0.15) is 5.56 Å². The first-order chi connectivity index (χ1) is 10.4. The molecule has 0 aliphatic heterocycles. The van der Waals surface area contributed by atoms with Crippen molar-refractivity contribution in [2.24, 2.45) is 0 Å². The Hall–Kier alpha value is -0.720. The van der Waals surface area contributed by atoms with Crippen molar-refractivity contribution in [2.75, 3.05) is 13.3 Å². The van der Waals surface area contributed by atoms with Crippen LogP contribution in [-0.4, -0.2) is 26.0 Å². The lowest BCUT2D eigenvalue weighted by Gasteiger charge is -2.19. The van der Waals surface area contributed by atoms with Crippen molar-refractivity contribution in [3.63, 3.8) is 0 Å². The first kappa shape index (κ1) is 17.6. The van der Waals surface area contributed by atoms with E-state index < -0.39 is 10.0 Å². The minimum Gasteiger partial charge on any atom is -0.207 e. The smallest absolute Gasteiger partial charge is 0.207 e. The van der Waals surface area contributed by atoms with Gasteiger partial charge in [-0.05, 0) is 36.1 Å². The van der Waals surface area contributed by atoms with Crippen molar-refractivity contribution in [3.05, 3.63) is 58.1 Å². The maximum atomic E-state index is 12.7. The van der Waals surface area contributed by atoms with Crippen molar-refractivity contribution < 1.29 is 8.42 Å². The number of rotatable bonds is 5. The van der Waals surface area contributed by atoms with Crippen LogP contribution in [0.4, 0.5) is 0 Å². The molecule has 0 bridgehead atoms. The Bertz CT molecular complexity index is 741. The second-order valence-electron chi connectivity index (χ2n) is 4.66. The van der Waals surface area contributed by atoms with E-state index >= 15 is 0 Å². The van der Waals surface area contributed by atoms with Gasteiger partial charge >= 0.3 is 0 Å². The largest absolute Gasteiger partial charge is 0.246 e. The summed E-state index contributed by atoms with van der Waals surface area (Å²) < 4.78 is 26.6. The number of hydrogen-bond acceptors (Lipinski definition) is 3. The van der Waals surface area contributed by atoms with Gasteiger partial charge in [-0.3, -0.25) is 0 Å². The molecule has 0 saturated carbocycles. The third kappa shape index (κ3) is 3.78. The average molecular weight is 376 g/mol. The van der Waals surface area contributed by atoms with Crippen LogP contribution in [0.25, 0.3) is 0 Å². The van der Waals surface area contributed by atoms with Gasteiger partial charge < -0.3 is 0 Å². The molecular formula is C15H15Cl2NO2S2. The number of benzene rings is 2. The van der Waals surface area contributed by atoms with Gasteiger partial charge in [-0.1, -0.05) is 41.4 Å². The van der Waals surface area contributed by atoms with Gasteiger partial charge in [0.15, 0.2) is 0 Å². The van der Waals surface area contributed by atoms with Crippen molar-refractivity contribution >= 4 is 45.0 Å². The maximum absolute atomic E-state index is 12.7. The van der Waals surface area contributed by atoms with Crippen molar-refractivity contribution in [1.29, 1.82) is 0 Å². The molecule has 0 amide bonds. The molecule has 0 heterocycles. The Kier molecular flexibility index (Phi) is 5.80. The van der Waals surface area contributed by atoms with E-state index in [1.165, 1.54) is 23.5 Å². The summed E-state index contributed by atoms with van der Waals surface area (Å²) in [5.74, 6) is 0. The van der Waals surface area contributed by atoms with Crippen molar-refractivity contribution in [2.45, 2.75) is 16.3 Å². The van der Waals surface area contributed by atoms with Gasteiger partial charge in [0.2, 0.25) is 10.0 Å². The molecular weight excluding hydrogens is 361 g/mol. The second kappa shape index (κ2) is 7.23. The van der Waals surface area contributed by atoms with Crippen LogP contribution in [0, 0.1) is 0 Å². The Labute approximate surface area is 145 Å². The van der Waals surface area contributed by atoms with Gasteiger partial charge in [0, 0.05) is 18.5 Å². The standard InChI is InChI=1S/C15H15Cl2NO2S2/c1-18(10-11-6-8-12(21-2)9-7-11)22(19,20)15-13(16)4-3-5-14(15)17/h3-9H,10H2,1-2H3. The highest BCUT2D eigenvalue weighted by Gasteiger charge is 2.26. The molecule has 7 heteroatoms. The van der Waals surface area contributed by atoms with E-state index in [0.29, 0.717) is 0 Å². The Balaban J connectivity index is 2.29. The van der Waals surface area contributed by atoms with Crippen LogP contribution in [0.2, 0.25) is 10.0 Å². The molecule has 0 aliphatic carbocycles. The molecule has 0 atom stereocenters. The number of hydrogen-bond donors (Lipinski definition) is 0. The molecule has 0 spiro atoms. The molecule has 0 radical (unpaired) electrons. The molecule has 2 aromatic carbocycles. The van der Waals surface area contributed by atoms with E-state index in [1.807, 2.05) is 30.5 Å². The highest BCUT2D eigenvalue weighted by molar-refractivity contribution is 7.98. The fourth-order valence-corrected chi connectivity index (χ4v) is 4.61. The zero-order chi connectivity index (χ0) is 16.3. The van der Waals surface area contributed by atoms with Crippen LogP contribution >= 0.6 is 35.0 Å². The van der Waals surface area contributed by atoms with Crippen molar-refractivity contribution in [3.8, 4) is 0 Å². The summed E-state index contributed by atoms with van der Waals surface area (Å²) >= 11 is 13.7. The quantitative estimate of drug-likeness (QED) is 0.720. The molecule has 0 unspecified atom stereocenters. The molecule has 2 rings (SSSR count). The summed E-state index contributed by atoms with van der Waals surface area (Å²) in [5.41, 5.74) is 0.895. The van der Waals surface area contributed by atoms with Crippen LogP contribution in [0.15, 0.2) is 52.3 Å². The van der Waals surface area contributed by atoms with Gasteiger partial charge in [0.25, 0.3) is 0 Å². The maximum Gasteiger partial charge on any atom is 0.246 e. The fraction of sp³-hybridized carbons (Fsp3) is 0.200. The summed E-state index contributed by atoms with van der Waals surface area (Å²) in [6.45, 7) is 0.249. The predicted molar refractivity (Wildman–Crippen MR) is 93.3 cm³/mol. The average Bonchev–Trinajstić information content (AvgIpc) is 2.47. The zero-order valence-electron chi connectivity index (χ0n) is 12.1. The Morgan fingerprint density at radius 1 is 1.05 bits per heavy atom. The first-order valence-electron chi connectivity index (χ1n) is 6.39. The van der Waals surface area contributed by atoms with Crippen LogP contribution in [0.5, 0.6) is 0 Å². The highest BCUT2D eigenvalue weighted by atomic mass is 35.5. The van der Waals surface area contributed by atoms with Gasteiger partial charge in [0.1, 0.15) is 4.90 Å². The molecule has 0 N–H and O–H groups in total. The summed E-state index contributed by atoms with van der Waals surface area (Å²) in [7, 11) is -2.24. The molecule has 0 aliphatic rings. The van der Waals surface area contributed by atoms with E-state index in [0.717, 1.165) is 10.5 Å². The molecule has 0 aromatic heterocycles. The van der Waals surface area contributed by atoms with E-state index in [4.69, 9.17) is 23.2 Å². The lowest BCUT2D eigenvalue weighted by Crippen LogP contribution is -2.27. The SMILES string of the molecule is CSc1ccc(CN(C)S(=O)(=O)c2c(Cl)cccc2Cl)cc1. The number of sulfonamides is 1. The molecule has 3 nitrogen and oxygen atoms in total. The topological polar surface area (TPSA) is 37.4 Å². The van der Waals surface area contributed by atoms with E-state index in [2.05, 4.69) is 0 Å². The predicted octanol–water partition coefficient (Wildman–Crippen LogP) is 4.54. The minimum atomic E-state index is -3.75. The molecule has 118 valence electrons. The third-order valence-corrected chi connectivity index (χ3v) is 6.65. The summed E-state index contributed by atoms with van der Waals surface area (Å²) in [4.78, 5) is 1.07. The van der Waals surface area contributed by atoms with Crippen LogP contribution in [-0.2, 0) is 16.6 Å². The number of halogens is 2. The lowest BCUT2D eigenvalue weighted by atomic mass is 10.2. The van der Waals surface area contributed by atoms with E-state index in [9.17, 15) is 8.42 Å². The molecule has 2 aromatic rings. The molecule has 0 fully saturated rings. The van der Waals surface area contributed by atoms with Gasteiger partial charge in [-0.15, -0.1) is 11.8 Å². The second-order valence-corrected chi connectivity index (χ2v) is 8.34. The monoisotopic (exact) mass is 375 g/mol.